The quantitative estimate of drug-likeness (QED) is 0.388. The van der Waals surface area contributed by atoms with Crippen LogP contribution in [-0.2, 0) is 21.2 Å². The number of rotatable bonds is 9. The second kappa shape index (κ2) is 11.0. The van der Waals surface area contributed by atoms with Gasteiger partial charge < -0.3 is 0 Å². The van der Waals surface area contributed by atoms with Gasteiger partial charge in [-0.3, -0.25) is 9.78 Å². The van der Waals surface area contributed by atoms with Crippen LogP contribution in [0.1, 0.15) is 27.8 Å². The van der Waals surface area contributed by atoms with Gasteiger partial charge in [-0.2, -0.15) is 9.41 Å². The summed E-state index contributed by atoms with van der Waals surface area (Å²) in [4.78, 5) is 16.8. The Kier molecular flexibility index (Phi) is 8.08. The Hall–Kier alpha value is -3.36. The summed E-state index contributed by atoms with van der Waals surface area (Å²) >= 11 is 0. The lowest BCUT2D eigenvalue weighted by molar-refractivity contribution is -0.121. The number of hydrogen-bond acceptors (Lipinski definition) is 5. The van der Waals surface area contributed by atoms with Gasteiger partial charge in [-0.1, -0.05) is 48.0 Å². The average Bonchev–Trinajstić information content (AvgIpc) is 2.77. The Balaban J connectivity index is 1.82. The van der Waals surface area contributed by atoms with Crippen LogP contribution >= 0.6 is 0 Å². The summed E-state index contributed by atoms with van der Waals surface area (Å²) in [5, 5.41) is 3.94. The molecule has 1 aromatic heterocycles. The van der Waals surface area contributed by atoms with E-state index in [1.807, 2.05) is 49.4 Å². The Morgan fingerprint density at radius 3 is 2.30 bits per heavy atom. The van der Waals surface area contributed by atoms with E-state index < -0.39 is 15.9 Å². The molecular weight excluding hydrogens is 436 g/mol. The highest BCUT2D eigenvalue weighted by Crippen LogP contribution is 2.25. The van der Waals surface area contributed by atoms with Crippen molar-refractivity contribution in [1.29, 1.82) is 0 Å². The number of carbonyl (C=O) groups is 1. The summed E-state index contributed by atoms with van der Waals surface area (Å²) in [6, 6.07) is 16.8. The average molecular weight is 465 g/mol. The van der Waals surface area contributed by atoms with Gasteiger partial charge in [0, 0.05) is 18.9 Å². The molecule has 0 saturated heterocycles. The van der Waals surface area contributed by atoms with E-state index in [0.29, 0.717) is 17.5 Å². The van der Waals surface area contributed by atoms with E-state index in [9.17, 15) is 13.2 Å². The molecule has 0 aliphatic rings. The van der Waals surface area contributed by atoms with Crippen LogP contribution in [0.4, 0.5) is 0 Å². The van der Waals surface area contributed by atoms with Crippen LogP contribution in [0.5, 0.6) is 0 Å². The first-order valence-electron chi connectivity index (χ1n) is 10.6. The van der Waals surface area contributed by atoms with Gasteiger partial charge in [0.15, 0.2) is 0 Å². The van der Waals surface area contributed by atoms with Crippen LogP contribution in [-0.4, -0.2) is 42.9 Å². The number of amides is 1. The maximum absolute atomic E-state index is 13.6. The van der Waals surface area contributed by atoms with Gasteiger partial charge in [0.05, 0.1) is 17.7 Å². The largest absolute Gasteiger partial charge is 0.272 e. The van der Waals surface area contributed by atoms with Crippen molar-refractivity contribution in [3.8, 4) is 0 Å². The molecule has 3 aromatic rings. The van der Waals surface area contributed by atoms with Crippen molar-refractivity contribution in [1.82, 2.24) is 14.7 Å². The number of aryl methyl sites for hydroxylation is 3. The highest BCUT2D eigenvalue weighted by atomic mass is 32.2. The van der Waals surface area contributed by atoms with E-state index in [1.54, 1.807) is 38.4 Å². The van der Waals surface area contributed by atoms with Gasteiger partial charge in [-0.25, -0.2) is 13.8 Å². The number of pyridine rings is 1. The predicted molar refractivity (Wildman–Crippen MR) is 130 cm³/mol. The lowest BCUT2D eigenvalue weighted by Crippen LogP contribution is -2.41. The molecule has 172 valence electrons. The lowest BCUT2D eigenvalue weighted by atomic mass is 10.1. The summed E-state index contributed by atoms with van der Waals surface area (Å²) in [5.41, 5.74) is 6.50. The van der Waals surface area contributed by atoms with Crippen molar-refractivity contribution in [2.45, 2.75) is 32.1 Å². The molecule has 3 rings (SSSR count). The van der Waals surface area contributed by atoms with Crippen LogP contribution in [0.15, 0.2) is 77.0 Å². The number of hydrogen-bond donors (Lipinski definition) is 1. The van der Waals surface area contributed by atoms with Gasteiger partial charge in [-0.15, -0.1) is 0 Å². The zero-order chi connectivity index (χ0) is 23.8. The molecule has 0 atom stereocenters. The molecule has 8 heteroatoms. The SMILES string of the molecule is Cc1cc(C)c(S(=O)(=O)N(CCc2ccccc2)CC(=O)N/N=C/c2ccncc2)c(C)c1. The normalized spacial score (nSPS) is 11.8. The standard InChI is InChI=1S/C25H28N4O3S/c1-19-15-20(2)25(21(3)16-19)33(31,32)29(14-11-22-7-5-4-6-8-22)18-24(30)28-27-17-23-9-12-26-13-10-23/h4-10,12-13,15-17H,11,14,18H2,1-3H3,(H,28,30)/b27-17+. The third kappa shape index (κ3) is 6.57. The van der Waals surface area contributed by atoms with E-state index in [1.165, 1.54) is 10.5 Å². The predicted octanol–water partition coefficient (Wildman–Crippen LogP) is 3.39. The smallest absolute Gasteiger partial charge is 0.255 e. The second-order valence-corrected chi connectivity index (χ2v) is 9.75. The molecule has 0 radical (unpaired) electrons. The monoisotopic (exact) mass is 464 g/mol. The summed E-state index contributed by atoms with van der Waals surface area (Å²) in [7, 11) is -3.91. The summed E-state index contributed by atoms with van der Waals surface area (Å²) in [6.45, 7) is 5.32. The highest BCUT2D eigenvalue weighted by molar-refractivity contribution is 7.89. The zero-order valence-electron chi connectivity index (χ0n) is 19.0. The molecule has 2 aromatic carbocycles. The number of nitrogens with zero attached hydrogens (tertiary/aromatic N) is 3. The molecule has 1 amide bonds. The number of benzene rings is 2. The minimum atomic E-state index is -3.91. The van der Waals surface area contributed by atoms with Crippen molar-refractivity contribution in [2.24, 2.45) is 5.10 Å². The van der Waals surface area contributed by atoms with E-state index in [4.69, 9.17) is 0 Å². The minimum Gasteiger partial charge on any atom is -0.272 e. The summed E-state index contributed by atoms with van der Waals surface area (Å²) in [5.74, 6) is -0.514. The van der Waals surface area contributed by atoms with Crippen LogP contribution in [0.2, 0.25) is 0 Å². The zero-order valence-corrected chi connectivity index (χ0v) is 19.8. The van der Waals surface area contributed by atoms with Crippen molar-refractivity contribution in [2.75, 3.05) is 13.1 Å². The molecule has 0 saturated carbocycles. The maximum atomic E-state index is 13.6. The fraction of sp³-hybridized carbons (Fsp3) is 0.240. The molecule has 0 spiro atoms. The fourth-order valence-electron chi connectivity index (χ4n) is 3.71. The van der Waals surface area contributed by atoms with Crippen molar-refractivity contribution < 1.29 is 13.2 Å². The van der Waals surface area contributed by atoms with Gasteiger partial charge in [0.2, 0.25) is 10.0 Å². The fourth-order valence-corrected chi connectivity index (χ4v) is 5.52. The van der Waals surface area contributed by atoms with Crippen LogP contribution in [0.25, 0.3) is 0 Å². The van der Waals surface area contributed by atoms with Crippen LogP contribution in [0.3, 0.4) is 0 Å². The van der Waals surface area contributed by atoms with Gasteiger partial charge in [0.1, 0.15) is 0 Å². The first kappa shape index (κ1) is 24.3. The number of sulfonamides is 1. The first-order valence-corrected chi connectivity index (χ1v) is 12.1. The van der Waals surface area contributed by atoms with Gasteiger partial charge >= 0.3 is 0 Å². The summed E-state index contributed by atoms with van der Waals surface area (Å²) in [6.07, 6.45) is 5.20. The molecular formula is C25H28N4O3S. The molecule has 0 bridgehead atoms. The van der Waals surface area contributed by atoms with Crippen LogP contribution in [0, 0.1) is 20.8 Å². The molecule has 0 aliphatic carbocycles. The first-order chi connectivity index (χ1) is 15.8. The van der Waals surface area contributed by atoms with E-state index in [-0.39, 0.29) is 18.0 Å². The summed E-state index contributed by atoms with van der Waals surface area (Å²) < 4.78 is 28.5. The molecule has 1 N–H and O–H groups in total. The van der Waals surface area contributed by atoms with Crippen molar-refractivity contribution in [3.63, 3.8) is 0 Å². The second-order valence-electron chi connectivity index (χ2n) is 7.88. The molecule has 0 unspecified atom stereocenters. The topological polar surface area (TPSA) is 91.7 Å². The van der Waals surface area contributed by atoms with Gasteiger partial charge in [0.25, 0.3) is 5.91 Å². The number of hydrazone groups is 1. The van der Waals surface area contributed by atoms with E-state index in [2.05, 4.69) is 15.5 Å². The van der Waals surface area contributed by atoms with Crippen molar-refractivity contribution >= 4 is 22.1 Å². The van der Waals surface area contributed by atoms with Crippen LogP contribution < -0.4 is 5.43 Å². The molecule has 1 heterocycles. The number of aromatic nitrogens is 1. The third-order valence-electron chi connectivity index (χ3n) is 5.12. The maximum Gasteiger partial charge on any atom is 0.255 e. The Morgan fingerprint density at radius 1 is 1.03 bits per heavy atom. The van der Waals surface area contributed by atoms with Crippen molar-refractivity contribution in [3.05, 3.63) is 94.8 Å². The van der Waals surface area contributed by atoms with E-state index in [0.717, 1.165) is 16.7 Å². The lowest BCUT2D eigenvalue weighted by Gasteiger charge is -2.24. The van der Waals surface area contributed by atoms with E-state index >= 15 is 0 Å². The minimum absolute atomic E-state index is 0.167. The molecule has 33 heavy (non-hydrogen) atoms. The third-order valence-corrected chi connectivity index (χ3v) is 7.28. The Morgan fingerprint density at radius 2 is 1.67 bits per heavy atom. The molecule has 0 aliphatic heterocycles. The Bertz CT molecular complexity index is 1200. The Labute approximate surface area is 195 Å². The molecule has 7 nitrogen and oxygen atoms in total. The highest BCUT2D eigenvalue weighted by Gasteiger charge is 2.29. The number of nitrogens with one attached hydrogen (secondary N) is 1. The molecule has 0 fully saturated rings. The van der Waals surface area contributed by atoms with Gasteiger partial charge in [-0.05, 0) is 61.6 Å². The number of carbonyl (C=O) groups excluding carboxylic acids is 1.